The van der Waals surface area contributed by atoms with E-state index in [0.717, 1.165) is 80.5 Å². The minimum Gasteiger partial charge on any atom is -0.477 e. The summed E-state index contributed by atoms with van der Waals surface area (Å²) < 4.78 is 17.1. The van der Waals surface area contributed by atoms with Crippen LogP contribution in [0.25, 0.3) is 44.4 Å². The topological polar surface area (TPSA) is 54.1 Å². The van der Waals surface area contributed by atoms with Crippen molar-refractivity contribution in [1.82, 2.24) is 19.3 Å². The van der Waals surface area contributed by atoms with Crippen LogP contribution in [0.5, 0.6) is 17.4 Å². The quantitative estimate of drug-likeness (QED) is 0.173. The average Bonchev–Trinajstić information content (AvgIpc) is 3.82. The summed E-state index contributed by atoms with van der Waals surface area (Å²) in [6.45, 7) is 4.68. The molecule has 7 aromatic rings. The molecule has 0 amide bonds. The molecule has 1 aliphatic rings. The first kappa shape index (κ1) is 28.1. The molecule has 0 saturated heterocycles. The molecule has 0 aliphatic heterocycles. The Bertz CT molecular complexity index is 2170. The van der Waals surface area contributed by atoms with Crippen LogP contribution in [-0.4, -0.2) is 25.9 Å². The average molecular weight is 605 g/mol. The Morgan fingerprint density at radius 3 is 2.37 bits per heavy atom. The van der Waals surface area contributed by atoms with Gasteiger partial charge >= 0.3 is 0 Å². The van der Waals surface area contributed by atoms with Gasteiger partial charge in [-0.05, 0) is 80.3 Å². The molecule has 6 nitrogen and oxygen atoms in total. The number of pyridine rings is 1. The van der Waals surface area contributed by atoms with Crippen LogP contribution in [0.4, 0.5) is 0 Å². The highest BCUT2D eigenvalue weighted by Gasteiger charge is 2.29. The second-order valence-electron chi connectivity index (χ2n) is 12.1. The van der Waals surface area contributed by atoms with Crippen molar-refractivity contribution in [3.05, 3.63) is 127 Å². The molecule has 1 saturated carbocycles. The normalized spacial score (nSPS) is 13.5. The lowest BCUT2D eigenvalue weighted by atomic mass is 9.96. The molecular formula is C40H36N4O2. The van der Waals surface area contributed by atoms with Crippen molar-refractivity contribution >= 4 is 21.8 Å². The maximum absolute atomic E-state index is 6.56. The zero-order valence-corrected chi connectivity index (χ0v) is 26.2. The van der Waals surface area contributed by atoms with Gasteiger partial charge in [-0.2, -0.15) is 5.10 Å². The van der Waals surface area contributed by atoms with Gasteiger partial charge < -0.3 is 9.47 Å². The van der Waals surface area contributed by atoms with Crippen molar-refractivity contribution in [3.63, 3.8) is 0 Å². The zero-order chi connectivity index (χ0) is 31.0. The largest absolute Gasteiger partial charge is 0.477 e. The summed E-state index contributed by atoms with van der Waals surface area (Å²) in [5, 5.41) is 7.59. The predicted molar refractivity (Wildman–Crippen MR) is 185 cm³/mol. The van der Waals surface area contributed by atoms with Crippen LogP contribution < -0.4 is 9.47 Å². The minimum atomic E-state index is 0.427. The van der Waals surface area contributed by atoms with Crippen LogP contribution >= 0.6 is 0 Å². The number of benzene rings is 4. The van der Waals surface area contributed by atoms with Gasteiger partial charge in [-0.25, -0.2) is 9.67 Å². The molecule has 0 radical (unpaired) electrons. The van der Waals surface area contributed by atoms with Crippen molar-refractivity contribution in [2.24, 2.45) is 0 Å². The number of aromatic nitrogens is 4. The summed E-state index contributed by atoms with van der Waals surface area (Å²) >= 11 is 0. The van der Waals surface area contributed by atoms with Gasteiger partial charge in [0.2, 0.25) is 5.88 Å². The van der Waals surface area contributed by atoms with E-state index < -0.39 is 0 Å². The number of hydrogen-bond acceptors (Lipinski definition) is 4. The van der Waals surface area contributed by atoms with Crippen molar-refractivity contribution in [1.29, 1.82) is 0 Å². The summed E-state index contributed by atoms with van der Waals surface area (Å²) in [6.07, 6.45) is 6.65. The first-order valence-electron chi connectivity index (χ1n) is 16.2. The fourth-order valence-electron chi connectivity index (χ4n) is 6.94. The SMILES string of the molecule is CCOc1c(-c2ccccc2)c(C2CCCC2)nn1-c1cccc(Oc2ccc3c4ccccc4n(-c4cc(C)ccn4)c3c2)c1. The molecule has 0 unspecified atom stereocenters. The van der Waals surface area contributed by atoms with E-state index in [1.165, 1.54) is 18.2 Å². The molecule has 228 valence electrons. The molecule has 0 atom stereocenters. The Kier molecular flexibility index (Phi) is 7.25. The van der Waals surface area contributed by atoms with Crippen LogP contribution in [0.15, 0.2) is 115 Å². The first-order valence-corrected chi connectivity index (χ1v) is 16.2. The van der Waals surface area contributed by atoms with Crippen molar-refractivity contribution < 1.29 is 9.47 Å². The van der Waals surface area contributed by atoms with E-state index in [0.29, 0.717) is 12.5 Å². The monoisotopic (exact) mass is 604 g/mol. The molecule has 0 spiro atoms. The number of fused-ring (bicyclic) bond motifs is 3. The van der Waals surface area contributed by atoms with Crippen LogP contribution in [0.3, 0.4) is 0 Å². The van der Waals surface area contributed by atoms with Crippen molar-refractivity contribution in [2.75, 3.05) is 6.61 Å². The van der Waals surface area contributed by atoms with Crippen LogP contribution in [0, 0.1) is 6.92 Å². The number of rotatable bonds is 8. The molecule has 6 heteroatoms. The van der Waals surface area contributed by atoms with E-state index in [2.05, 4.69) is 90.4 Å². The molecule has 4 aromatic carbocycles. The Morgan fingerprint density at radius 2 is 1.54 bits per heavy atom. The predicted octanol–water partition coefficient (Wildman–Crippen LogP) is 10.2. The Morgan fingerprint density at radius 1 is 0.761 bits per heavy atom. The summed E-state index contributed by atoms with van der Waals surface area (Å²) in [7, 11) is 0. The van der Waals surface area contributed by atoms with Gasteiger partial charge in [0.05, 0.1) is 34.6 Å². The van der Waals surface area contributed by atoms with Crippen LogP contribution in [-0.2, 0) is 0 Å². The number of ether oxygens (including phenoxy) is 2. The van der Waals surface area contributed by atoms with Gasteiger partial charge in [-0.3, -0.25) is 4.57 Å². The summed E-state index contributed by atoms with van der Waals surface area (Å²) in [6, 6.07) is 37.6. The van der Waals surface area contributed by atoms with Crippen molar-refractivity contribution in [2.45, 2.75) is 45.4 Å². The van der Waals surface area contributed by atoms with E-state index >= 15 is 0 Å². The van der Waals surface area contributed by atoms with Gasteiger partial charge in [0.25, 0.3) is 0 Å². The highest BCUT2D eigenvalue weighted by atomic mass is 16.5. The fraction of sp³-hybridized carbons (Fsp3) is 0.200. The molecule has 0 N–H and O–H groups in total. The lowest BCUT2D eigenvalue weighted by Gasteiger charge is -2.13. The first-order chi connectivity index (χ1) is 22.7. The second kappa shape index (κ2) is 11.9. The lowest BCUT2D eigenvalue weighted by molar-refractivity contribution is 0.318. The van der Waals surface area contributed by atoms with Gasteiger partial charge in [-0.15, -0.1) is 0 Å². The third-order valence-electron chi connectivity index (χ3n) is 9.03. The lowest BCUT2D eigenvalue weighted by Crippen LogP contribution is -2.03. The van der Waals surface area contributed by atoms with Crippen LogP contribution in [0.1, 0.15) is 49.8 Å². The molecule has 1 fully saturated rings. The van der Waals surface area contributed by atoms with Gasteiger partial charge in [-0.1, -0.05) is 67.4 Å². The van der Waals surface area contributed by atoms with Crippen LogP contribution in [0.2, 0.25) is 0 Å². The summed E-state index contributed by atoms with van der Waals surface area (Å²) in [5.74, 6) is 3.58. The zero-order valence-electron chi connectivity index (χ0n) is 26.2. The summed E-state index contributed by atoms with van der Waals surface area (Å²) in [5.41, 5.74) is 7.60. The van der Waals surface area contributed by atoms with E-state index in [1.807, 2.05) is 48.1 Å². The van der Waals surface area contributed by atoms with E-state index in [-0.39, 0.29) is 0 Å². The highest BCUT2D eigenvalue weighted by molar-refractivity contribution is 6.09. The Balaban J connectivity index is 1.21. The third-order valence-corrected chi connectivity index (χ3v) is 9.03. The van der Waals surface area contributed by atoms with Crippen molar-refractivity contribution in [3.8, 4) is 40.0 Å². The number of aryl methyl sites for hydroxylation is 1. The molecule has 0 bridgehead atoms. The van der Waals surface area contributed by atoms with E-state index in [1.54, 1.807) is 0 Å². The Labute approximate surface area is 268 Å². The van der Waals surface area contributed by atoms with Gasteiger partial charge in [0, 0.05) is 35.0 Å². The number of hydrogen-bond donors (Lipinski definition) is 0. The summed E-state index contributed by atoms with van der Waals surface area (Å²) in [4.78, 5) is 4.72. The maximum atomic E-state index is 6.56. The molecule has 46 heavy (non-hydrogen) atoms. The van der Waals surface area contributed by atoms with E-state index in [9.17, 15) is 0 Å². The van der Waals surface area contributed by atoms with E-state index in [4.69, 9.17) is 19.6 Å². The number of para-hydroxylation sites is 1. The molecule has 3 aromatic heterocycles. The maximum Gasteiger partial charge on any atom is 0.225 e. The molecule has 8 rings (SSSR count). The smallest absolute Gasteiger partial charge is 0.225 e. The minimum absolute atomic E-state index is 0.427. The van der Waals surface area contributed by atoms with Gasteiger partial charge in [0.15, 0.2) is 0 Å². The Hall–Kier alpha value is -5.36. The molecule has 3 heterocycles. The third kappa shape index (κ3) is 5.00. The second-order valence-corrected chi connectivity index (χ2v) is 12.1. The van der Waals surface area contributed by atoms with Gasteiger partial charge in [0.1, 0.15) is 17.3 Å². The number of nitrogens with zero attached hydrogens (tertiary/aromatic N) is 4. The standard InChI is InChI=1S/C40H36N4O2/c1-3-45-40-38(28-12-5-4-6-13-28)39(29-14-7-8-15-29)42-44(40)30-16-11-17-31(25-30)46-32-20-21-34-33-18-9-10-19-35(33)43(36(34)26-32)37-24-27(2)22-23-41-37/h4-6,9-13,16-26,29H,3,7-8,14-15H2,1-2H3. The fourth-order valence-corrected chi connectivity index (χ4v) is 6.94. The molecular weight excluding hydrogens is 568 g/mol. The molecule has 1 aliphatic carbocycles. The highest BCUT2D eigenvalue weighted by Crippen LogP contribution is 2.44.